The summed E-state index contributed by atoms with van der Waals surface area (Å²) < 4.78 is 39.3. The van der Waals surface area contributed by atoms with Gasteiger partial charge in [-0.05, 0) is 55.9 Å². The van der Waals surface area contributed by atoms with Gasteiger partial charge in [0, 0.05) is 4.47 Å². The number of hydrogen-bond acceptors (Lipinski definition) is 2. The molecule has 1 saturated heterocycles. The van der Waals surface area contributed by atoms with Crippen molar-refractivity contribution in [3.8, 4) is 0 Å². The lowest BCUT2D eigenvalue weighted by Gasteiger charge is -2.36. The third-order valence-electron chi connectivity index (χ3n) is 5.21. The Bertz CT molecular complexity index is 694. The van der Waals surface area contributed by atoms with E-state index in [0.717, 1.165) is 10.0 Å². The van der Waals surface area contributed by atoms with Gasteiger partial charge < -0.3 is 5.32 Å². The van der Waals surface area contributed by atoms with Crippen LogP contribution in [0.1, 0.15) is 42.7 Å². The van der Waals surface area contributed by atoms with Crippen LogP contribution >= 0.6 is 15.9 Å². The molecule has 1 aromatic carbocycles. The molecule has 0 radical (unpaired) electrons. The fourth-order valence-electron chi connectivity index (χ4n) is 3.78. The van der Waals surface area contributed by atoms with Crippen LogP contribution in [0.3, 0.4) is 0 Å². The highest BCUT2D eigenvalue weighted by atomic mass is 79.9. The zero-order valence-corrected chi connectivity index (χ0v) is 14.6. The molecule has 0 bridgehead atoms. The molecule has 1 aliphatic heterocycles. The summed E-state index contributed by atoms with van der Waals surface area (Å²) in [6.45, 7) is 1.81. The molecule has 1 aromatic rings. The second-order valence-corrected chi connectivity index (χ2v) is 7.60. The molecule has 3 rings (SSSR count). The van der Waals surface area contributed by atoms with E-state index in [-0.39, 0.29) is 31.5 Å². The number of aryl methyl sites for hydroxylation is 1. The number of Topliss-reactive ketones (excluding diaryl/α,β-unsaturated/α-hetero) is 1. The van der Waals surface area contributed by atoms with Gasteiger partial charge in [0.05, 0.1) is 11.5 Å². The minimum absolute atomic E-state index is 0.0469. The van der Waals surface area contributed by atoms with Crippen molar-refractivity contribution in [1.82, 2.24) is 5.32 Å². The molecule has 2 aliphatic rings. The third kappa shape index (κ3) is 2.87. The van der Waals surface area contributed by atoms with E-state index in [9.17, 15) is 22.8 Å². The fourth-order valence-corrected chi connectivity index (χ4v) is 4.16. The second kappa shape index (κ2) is 5.86. The van der Waals surface area contributed by atoms with Gasteiger partial charge in [-0.15, -0.1) is 0 Å². The lowest BCUT2D eigenvalue weighted by Crippen LogP contribution is -2.50. The zero-order chi connectivity index (χ0) is 17.7. The van der Waals surface area contributed by atoms with Crippen LogP contribution < -0.4 is 5.32 Å². The molecule has 24 heavy (non-hydrogen) atoms. The summed E-state index contributed by atoms with van der Waals surface area (Å²) in [5, 5.41) is 2.72. The predicted octanol–water partition coefficient (Wildman–Crippen LogP) is 4.03. The largest absolute Gasteiger partial charge is 0.391 e. The Labute approximate surface area is 146 Å². The minimum Gasteiger partial charge on any atom is -0.343 e. The van der Waals surface area contributed by atoms with E-state index >= 15 is 0 Å². The number of ketones is 1. The topological polar surface area (TPSA) is 46.2 Å². The van der Waals surface area contributed by atoms with Gasteiger partial charge in [-0.2, -0.15) is 13.2 Å². The van der Waals surface area contributed by atoms with Crippen molar-refractivity contribution in [3.05, 3.63) is 33.8 Å². The number of nitrogens with one attached hydrogen (secondary N) is 1. The van der Waals surface area contributed by atoms with E-state index in [2.05, 4.69) is 21.2 Å². The van der Waals surface area contributed by atoms with Crippen molar-refractivity contribution in [2.45, 2.75) is 50.2 Å². The van der Waals surface area contributed by atoms with Crippen molar-refractivity contribution in [1.29, 1.82) is 0 Å². The molecular formula is C17H17BrF3NO2. The molecule has 1 unspecified atom stereocenters. The Balaban J connectivity index is 1.87. The van der Waals surface area contributed by atoms with E-state index in [4.69, 9.17) is 0 Å². The van der Waals surface area contributed by atoms with Crippen molar-refractivity contribution in [2.24, 2.45) is 5.92 Å². The molecule has 3 nitrogen and oxygen atoms in total. The number of hydrogen-bond donors (Lipinski definition) is 1. The van der Waals surface area contributed by atoms with E-state index in [1.165, 1.54) is 0 Å². The monoisotopic (exact) mass is 403 g/mol. The van der Waals surface area contributed by atoms with Crippen molar-refractivity contribution >= 4 is 27.6 Å². The van der Waals surface area contributed by atoms with Gasteiger partial charge in [0.15, 0.2) is 5.78 Å². The summed E-state index contributed by atoms with van der Waals surface area (Å²) in [6.07, 6.45) is -4.40. The standard InChI is InChI=1S/C17H17BrF3NO2/c1-9-2-3-11(18)8-12(9)13-14(23)16(22-15(13)24)6-4-10(5-7-16)17(19,20)21/h2-3,8,10,13H,4-7H2,1H3,(H,22,24). The van der Waals surface area contributed by atoms with Crippen LogP contribution in [0, 0.1) is 12.8 Å². The lowest BCUT2D eigenvalue weighted by molar-refractivity contribution is -0.185. The molecule has 130 valence electrons. The average Bonchev–Trinajstić information content (AvgIpc) is 2.72. The van der Waals surface area contributed by atoms with E-state index < -0.39 is 29.5 Å². The summed E-state index contributed by atoms with van der Waals surface area (Å²) in [5.74, 6) is -3.04. The van der Waals surface area contributed by atoms with Crippen molar-refractivity contribution in [3.63, 3.8) is 0 Å². The molecule has 1 spiro atoms. The van der Waals surface area contributed by atoms with Gasteiger partial charge >= 0.3 is 6.18 Å². The molecule has 1 heterocycles. The maximum absolute atomic E-state index is 12.9. The Morgan fingerprint density at radius 2 is 1.83 bits per heavy atom. The predicted molar refractivity (Wildman–Crippen MR) is 85.5 cm³/mol. The number of amides is 1. The maximum atomic E-state index is 12.9. The molecule has 7 heteroatoms. The van der Waals surface area contributed by atoms with Crippen LogP contribution in [0.15, 0.2) is 22.7 Å². The Morgan fingerprint density at radius 1 is 1.21 bits per heavy atom. The Kier molecular flexibility index (Phi) is 4.26. The Hall–Kier alpha value is -1.37. The fraction of sp³-hybridized carbons (Fsp3) is 0.529. The maximum Gasteiger partial charge on any atom is 0.391 e. The molecule has 1 aliphatic carbocycles. The van der Waals surface area contributed by atoms with Gasteiger partial charge in [0.25, 0.3) is 0 Å². The first-order valence-corrected chi connectivity index (χ1v) is 8.62. The van der Waals surface area contributed by atoms with Gasteiger partial charge in [0.2, 0.25) is 5.91 Å². The number of benzene rings is 1. The average molecular weight is 404 g/mol. The van der Waals surface area contributed by atoms with E-state index in [0.29, 0.717) is 5.56 Å². The van der Waals surface area contributed by atoms with E-state index in [1.807, 2.05) is 19.1 Å². The highest BCUT2D eigenvalue weighted by Gasteiger charge is 2.56. The summed E-state index contributed by atoms with van der Waals surface area (Å²) >= 11 is 3.33. The quantitative estimate of drug-likeness (QED) is 0.719. The van der Waals surface area contributed by atoms with Crippen molar-refractivity contribution < 1.29 is 22.8 Å². The van der Waals surface area contributed by atoms with Crippen LogP contribution in [0.5, 0.6) is 0 Å². The zero-order valence-electron chi connectivity index (χ0n) is 13.0. The number of rotatable bonds is 1. The van der Waals surface area contributed by atoms with Crippen LogP contribution in [0.2, 0.25) is 0 Å². The second-order valence-electron chi connectivity index (χ2n) is 6.69. The first-order chi connectivity index (χ1) is 11.1. The van der Waals surface area contributed by atoms with Gasteiger partial charge in [0.1, 0.15) is 5.92 Å². The van der Waals surface area contributed by atoms with Crippen molar-refractivity contribution in [2.75, 3.05) is 0 Å². The normalized spacial score (nSPS) is 30.7. The molecule has 2 fully saturated rings. The first kappa shape index (κ1) is 17.5. The molecule has 1 atom stereocenters. The minimum atomic E-state index is -4.24. The molecule has 1 amide bonds. The van der Waals surface area contributed by atoms with E-state index in [1.54, 1.807) is 6.07 Å². The van der Waals surface area contributed by atoms with Gasteiger partial charge in [-0.3, -0.25) is 9.59 Å². The number of halogens is 4. The highest BCUT2D eigenvalue weighted by Crippen LogP contribution is 2.45. The molecular weight excluding hydrogens is 387 g/mol. The van der Waals surface area contributed by atoms with Gasteiger partial charge in [-0.25, -0.2) is 0 Å². The smallest absolute Gasteiger partial charge is 0.343 e. The van der Waals surface area contributed by atoms with Gasteiger partial charge in [-0.1, -0.05) is 22.0 Å². The molecule has 0 aromatic heterocycles. The van der Waals surface area contributed by atoms with Crippen LogP contribution in [0.4, 0.5) is 13.2 Å². The summed E-state index contributed by atoms with van der Waals surface area (Å²) in [5.41, 5.74) is 0.285. The summed E-state index contributed by atoms with van der Waals surface area (Å²) in [6, 6.07) is 5.36. The Morgan fingerprint density at radius 3 is 2.42 bits per heavy atom. The SMILES string of the molecule is Cc1ccc(Br)cc1C1C(=O)NC2(CCC(C(F)(F)F)CC2)C1=O. The highest BCUT2D eigenvalue weighted by molar-refractivity contribution is 9.10. The van der Waals surface area contributed by atoms with Crippen LogP contribution in [-0.2, 0) is 9.59 Å². The first-order valence-electron chi connectivity index (χ1n) is 7.83. The number of carbonyl (C=O) groups excluding carboxylic acids is 2. The summed E-state index contributed by atoms with van der Waals surface area (Å²) in [4.78, 5) is 25.4. The molecule has 1 N–H and O–H groups in total. The van der Waals surface area contributed by atoms with Crippen LogP contribution in [-0.4, -0.2) is 23.4 Å². The number of alkyl halides is 3. The molecule has 1 saturated carbocycles. The summed E-state index contributed by atoms with van der Waals surface area (Å²) in [7, 11) is 0. The third-order valence-corrected chi connectivity index (χ3v) is 5.71. The lowest BCUT2D eigenvalue weighted by atomic mass is 9.73. The van der Waals surface area contributed by atoms with Crippen LogP contribution in [0.25, 0.3) is 0 Å². The number of carbonyl (C=O) groups is 2.